The van der Waals surface area contributed by atoms with Gasteiger partial charge in [-0.15, -0.1) is 0 Å². The zero-order chi connectivity index (χ0) is 26.5. The lowest BCUT2D eigenvalue weighted by Crippen LogP contribution is -2.29. The Bertz CT molecular complexity index is 1330. The summed E-state index contributed by atoms with van der Waals surface area (Å²) in [5.41, 5.74) is 1.75. The van der Waals surface area contributed by atoms with Gasteiger partial charge in [-0.1, -0.05) is 17.7 Å². The molecule has 1 aromatic heterocycles. The van der Waals surface area contributed by atoms with E-state index in [0.717, 1.165) is 45.3 Å². The first kappa shape index (κ1) is 26.3. The number of amides is 1. The maximum absolute atomic E-state index is 13.6. The fourth-order valence-electron chi connectivity index (χ4n) is 4.48. The summed E-state index contributed by atoms with van der Waals surface area (Å²) >= 11 is 5.95. The summed E-state index contributed by atoms with van der Waals surface area (Å²) < 4.78 is 25.5. The van der Waals surface area contributed by atoms with Crippen LogP contribution in [0.25, 0.3) is 10.9 Å². The lowest BCUT2D eigenvalue weighted by Gasteiger charge is -2.27. The van der Waals surface area contributed by atoms with Crippen LogP contribution < -0.4 is 15.4 Å². The molecule has 0 spiro atoms. The minimum atomic E-state index is -0.501. The van der Waals surface area contributed by atoms with E-state index in [1.807, 2.05) is 19.2 Å². The van der Waals surface area contributed by atoms with E-state index in [1.165, 1.54) is 24.5 Å². The average Bonchev–Trinajstić information content (AvgIpc) is 3.37. The first-order valence-corrected chi connectivity index (χ1v) is 13.3. The third kappa shape index (κ3) is 6.59. The number of nitrogens with one attached hydrogen (secondary N) is 2. The van der Waals surface area contributed by atoms with Crippen molar-refractivity contribution in [2.75, 3.05) is 37.4 Å². The lowest BCUT2D eigenvalue weighted by atomic mass is 9.96. The third-order valence-electron chi connectivity index (χ3n) is 6.75. The molecule has 2 fully saturated rings. The molecule has 10 heteroatoms. The van der Waals surface area contributed by atoms with E-state index in [-0.39, 0.29) is 23.1 Å². The number of fused-ring (bicyclic) bond motifs is 1. The van der Waals surface area contributed by atoms with Crippen molar-refractivity contribution in [3.05, 3.63) is 59.7 Å². The Morgan fingerprint density at radius 3 is 2.84 bits per heavy atom. The van der Waals surface area contributed by atoms with Crippen molar-refractivity contribution < 1.29 is 18.7 Å². The topological polar surface area (TPSA) is 88.6 Å². The van der Waals surface area contributed by atoms with Gasteiger partial charge in [-0.3, -0.25) is 4.79 Å². The second kappa shape index (κ2) is 12.1. The second-order valence-corrected chi connectivity index (χ2v) is 10.2. The number of benzene rings is 2. The number of likely N-dealkylation sites (N-methyl/N-ethyl adjacent to an activating group) is 1. The van der Waals surface area contributed by atoms with Crippen LogP contribution in [0.15, 0.2) is 48.8 Å². The third-order valence-corrected chi connectivity index (χ3v) is 7.04. The molecule has 1 saturated heterocycles. The number of rotatable bonds is 10. The summed E-state index contributed by atoms with van der Waals surface area (Å²) in [5.74, 6) is 0.298. The quantitative estimate of drug-likeness (QED) is 0.319. The molecule has 0 unspecified atom stereocenters. The van der Waals surface area contributed by atoms with Crippen molar-refractivity contribution in [3.8, 4) is 5.75 Å². The van der Waals surface area contributed by atoms with Crippen LogP contribution in [0.5, 0.6) is 5.75 Å². The van der Waals surface area contributed by atoms with E-state index in [4.69, 9.17) is 21.1 Å². The maximum Gasteiger partial charge on any atom is 0.248 e. The van der Waals surface area contributed by atoms with Crippen molar-refractivity contribution in [1.29, 1.82) is 0 Å². The highest BCUT2D eigenvalue weighted by Gasteiger charge is 2.22. The Kier molecular flexibility index (Phi) is 8.36. The Hall–Kier alpha value is -3.27. The van der Waals surface area contributed by atoms with Crippen LogP contribution >= 0.6 is 11.6 Å². The van der Waals surface area contributed by atoms with Gasteiger partial charge >= 0.3 is 0 Å². The van der Waals surface area contributed by atoms with E-state index >= 15 is 0 Å². The largest absolute Gasteiger partial charge is 0.488 e. The molecule has 5 rings (SSSR count). The minimum absolute atomic E-state index is 0.00528. The Morgan fingerprint density at radius 2 is 2.11 bits per heavy atom. The van der Waals surface area contributed by atoms with Gasteiger partial charge in [0.2, 0.25) is 5.91 Å². The second-order valence-electron chi connectivity index (χ2n) is 9.76. The molecule has 1 amide bonds. The first-order valence-electron chi connectivity index (χ1n) is 12.9. The number of hydrogen-bond donors (Lipinski definition) is 2. The zero-order valence-corrected chi connectivity index (χ0v) is 22.0. The van der Waals surface area contributed by atoms with Gasteiger partial charge in [-0.25, -0.2) is 14.4 Å². The Morgan fingerprint density at radius 1 is 1.24 bits per heavy atom. The van der Waals surface area contributed by atoms with Crippen LogP contribution in [0.1, 0.15) is 32.1 Å². The van der Waals surface area contributed by atoms with Gasteiger partial charge in [0.05, 0.1) is 28.4 Å². The molecule has 38 heavy (non-hydrogen) atoms. The van der Waals surface area contributed by atoms with Gasteiger partial charge in [0.1, 0.15) is 23.7 Å². The van der Waals surface area contributed by atoms with Gasteiger partial charge in [0.15, 0.2) is 0 Å². The van der Waals surface area contributed by atoms with Crippen LogP contribution in [-0.2, 0) is 9.53 Å². The highest BCUT2D eigenvalue weighted by atomic mass is 35.5. The van der Waals surface area contributed by atoms with E-state index in [0.29, 0.717) is 40.4 Å². The van der Waals surface area contributed by atoms with Crippen molar-refractivity contribution in [2.45, 2.75) is 44.3 Å². The molecule has 200 valence electrons. The highest BCUT2D eigenvalue weighted by Crippen LogP contribution is 2.36. The summed E-state index contributed by atoms with van der Waals surface area (Å²) in [6.45, 7) is 2.30. The molecule has 1 aliphatic carbocycles. The molecule has 3 aromatic rings. The van der Waals surface area contributed by atoms with E-state index in [2.05, 4.69) is 25.5 Å². The van der Waals surface area contributed by atoms with Crippen LogP contribution in [-0.4, -0.2) is 59.7 Å². The molecule has 1 atom stereocenters. The minimum Gasteiger partial charge on any atom is -0.488 e. The van der Waals surface area contributed by atoms with Gasteiger partial charge in [-0.05, 0) is 63.4 Å². The number of carbonyl (C=O) groups is 1. The predicted octanol–water partition coefficient (Wildman–Crippen LogP) is 5.70. The SMILES string of the molecule is CN(C/C=C/C(=O)Nc1cc2c(Nc3ccc(F)c(Cl)c3)ncnc2cc1OC1CCC1)C[C@H]1CCCO1. The molecule has 2 aliphatic rings. The highest BCUT2D eigenvalue weighted by molar-refractivity contribution is 6.31. The molecule has 0 radical (unpaired) electrons. The van der Waals surface area contributed by atoms with Gasteiger partial charge < -0.3 is 25.0 Å². The van der Waals surface area contributed by atoms with Crippen molar-refractivity contribution >= 4 is 45.6 Å². The van der Waals surface area contributed by atoms with Gasteiger partial charge in [0.25, 0.3) is 0 Å². The first-order chi connectivity index (χ1) is 18.4. The fourth-order valence-corrected chi connectivity index (χ4v) is 4.66. The van der Waals surface area contributed by atoms with Crippen LogP contribution in [0, 0.1) is 5.82 Å². The molecule has 2 aromatic carbocycles. The number of halogens is 2. The smallest absolute Gasteiger partial charge is 0.248 e. The molecule has 8 nitrogen and oxygen atoms in total. The van der Waals surface area contributed by atoms with Crippen LogP contribution in [0.4, 0.5) is 21.6 Å². The van der Waals surface area contributed by atoms with Crippen molar-refractivity contribution in [2.24, 2.45) is 0 Å². The fraction of sp³-hybridized carbons (Fsp3) is 0.393. The normalized spacial score (nSPS) is 17.7. The summed E-state index contributed by atoms with van der Waals surface area (Å²) in [6.07, 6.45) is 10.5. The van der Waals surface area contributed by atoms with Crippen LogP contribution in [0.3, 0.4) is 0 Å². The summed E-state index contributed by atoms with van der Waals surface area (Å²) in [4.78, 5) is 23.7. The molecule has 2 N–H and O–H groups in total. The van der Waals surface area contributed by atoms with E-state index in [9.17, 15) is 9.18 Å². The monoisotopic (exact) mass is 539 g/mol. The summed E-state index contributed by atoms with van der Waals surface area (Å²) in [7, 11) is 2.01. The zero-order valence-electron chi connectivity index (χ0n) is 21.3. The number of hydrogen-bond acceptors (Lipinski definition) is 7. The lowest BCUT2D eigenvalue weighted by molar-refractivity contribution is -0.111. The number of carbonyl (C=O) groups excluding carboxylic acids is 1. The number of nitrogens with zero attached hydrogens (tertiary/aromatic N) is 3. The standard InChI is InChI=1S/C28H31ClFN5O3/c1-35(16-20-7-4-12-37-20)11-3-8-27(36)34-25-14-21-24(15-26(25)38-19-5-2-6-19)31-17-32-28(21)33-18-9-10-23(30)22(29)13-18/h3,8-10,13-15,17,19-20H,2,4-7,11-12,16H2,1H3,(H,34,36)(H,31,32,33)/b8-3+/t20-/m1/s1. The molecule has 1 aliphatic heterocycles. The average molecular weight is 540 g/mol. The predicted molar refractivity (Wildman–Crippen MR) is 147 cm³/mol. The Balaban J connectivity index is 1.34. The molecule has 0 bridgehead atoms. The number of aromatic nitrogens is 2. The van der Waals surface area contributed by atoms with Crippen molar-refractivity contribution in [1.82, 2.24) is 14.9 Å². The molecule has 1 saturated carbocycles. The summed E-state index contributed by atoms with van der Waals surface area (Å²) in [6, 6.07) is 7.96. The van der Waals surface area contributed by atoms with Gasteiger partial charge in [0, 0.05) is 42.9 Å². The van der Waals surface area contributed by atoms with Crippen molar-refractivity contribution in [3.63, 3.8) is 0 Å². The molecule has 2 heterocycles. The van der Waals surface area contributed by atoms with E-state index in [1.54, 1.807) is 12.1 Å². The number of anilines is 3. The van der Waals surface area contributed by atoms with Crippen LogP contribution in [0.2, 0.25) is 5.02 Å². The Labute approximate surface area is 226 Å². The maximum atomic E-state index is 13.6. The summed E-state index contributed by atoms with van der Waals surface area (Å²) in [5, 5.41) is 6.81. The molecular weight excluding hydrogens is 509 g/mol. The van der Waals surface area contributed by atoms with E-state index < -0.39 is 5.82 Å². The van der Waals surface area contributed by atoms with Gasteiger partial charge in [-0.2, -0.15) is 0 Å². The molecular formula is C28H31ClFN5O3. The number of ether oxygens (including phenoxy) is 2.